The number of rotatable bonds is 0. The minimum Gasteiger partial charge on any atom is -0.393 e. The maximum atomic E-state index is 11.1. The van der Waals surface area contributed by atoms with Crippen LogP contribution in [0.2, 0.25) is 0 Å². The Kier molecular flexibility index (Phi) is 2.31. The van der Waals surface area contributed by atoms with E-state index in [1.165, 1.54) is 0 Å². The molecule has 0 aromatic carbocycles. The molecule has 0 atom stereocenters. The maximum absolute atomic E-state index is 11.1. The van der Waals surface area contributed by atoms with Crippen LogP contribution in [0.15, 0.2) is 0 Å². The molecule has 3 fully saturated rings. The predicted molar refractivity (Wildman–Crippen MR) is 36.2 cm³/mol. The third-order valence-electron chi connectivity index (χ3n) is 3.04. The summed E-state index contributed by atoms with van der Waals surface area (Å²) in [5, 5.41) is 0. The van der Waals surface area contributed by atoms with Crippen molar-refractivity contribution in [3.05, 3.63) is 0 Å². The molecule has 75 valence electrons. The second-order valence-corrected chi connectivity index (χ2v) is 3.58. The van der Waals surface area contributed by atoms with E-state index in [9.17, 15) is 19.2 Å². The Balaban J connectivity index is 0.000000853. The Bertz CT molecular complexity index is 320. The van der Waals surface area contributed by atoms with E-state index in [0.29, 0.717) is 0 Å². The summed E-state index contributed by atoms with van der Waals surface area (Å²) in [5.41, 5.74) is 0. The van der Waals surface area contributed by atoms with Gasteiger partial charge in [0.25, 0.3) is 0 Å². The molecule has 0 spiro atoms. The fraction of sp³-hybridized carbons (Fsp3) is 0.500. The molecule has 2 saturated heterocycles. The number of ether oxygens (including phenoxy) is 2. The van der Waals surface area contributed by atoms with Crippen LogP contribution in [0.3, 0.4) is 0 Å². The van der Waals surface area contributed by atoms with E-state index in [4.69, 9.17) is 0 Å². The molecule has 0 N–H and O–H groups in total. The fourth-order valence-corrected chi connectivity index (χ4v) is 2.39. The number of cyclic esters (lactones) is 4. The molecule has 2 aliphatic heterocycles. The standard InChI is InChI=1S/C8H4O6.Y/c9-5-1-2(6(10)13-5)4-3(1)7(11)14-8(4)12;/h1-4H;. The van der Waals surface area contributed by atoms with Gasteiger partial charge in [0, 0.05) is 32.7 Å². The maximum Gasteiger partial charge on any atom is 0.318 e. The van der Waals surface area contributed by atoms with Crippen LogP contribution in [0.25, 0.3) is 0 Å². The zero-order valence-corrected chi connectivity index (χ0v) is 10.2. The van der Waals surface area contributed by atoms with Crippen LogP contribution in [0.1, 0.15) is 0 Å². The number of carbonyl (C=O) groups excluding carboxylic acids is 4. The van der Waals surface area contributed by atoms with Crippen molar-refractivity contribution in [1.82, 2.24) is 0 Å². The first-order valence-corrected chi connectivity index (χ1v) is 4.12. The van der Waals surface area contributed by atoms with E-state index in [-0.39, 0.29) is 32.7 Å². The van der Waals surface area contributed by atoms with Crippen LogP contribution in [-0.2, 0) is 61.4 Å². The number of esters is 4. The van der Waals surface area contributed by atoms with Crippen LogP contribution in [0.4, 0.5) is 0 Å². The van der Waals surface area contributed by atoms with Gasteiger partial charge in [-0.25, -0.2) is 0 Å². The second kappa shape index (κ2) is 3.19. The fourth-order valence-electron chi connectivity index (χ4n) is 2.39. The summed E-state index contributed by atoms with van der Waals surface area (Å²) in [7, 11) is 0. The van der Waals surface area contributed by atoms with Crippen molar-refractivity contribution in [3.8, 4) is 0 Å². The largest absolute Gasteiger partial charge is 0.393 e. The molecule has 1 saturated carbocycles. The Morgan fingerprint density at radius 3 is 1.00 bits per heavy atom. The topological polar surface area (TPSA) is 86.7 Å². The third kappa shape index (κ3) is 1.12. The van der Waals surface area contributed by atoms with Crippen molar-refractivity contribution in [2.75, 3.05) is 0 Å². The van der Waals surface area contributed by atoms with E-state index in [1.807, 2.05) is 0 Å². The van der Waals surface area contributed by atoms with Gasteiger partial charge in [0.2, 0.25) is 0 Å². The average molecular weight is 285 g/mol. The first kappa shape index (κ1) is 10.9. The van der Waals surface area contributed by atoms with Crippen molar-refractivity contribution in [2.24, 2.45) is 23.7 Å². The van der Waals surface area contributed by atoms with Gasteiger partial charge in [0.15, 0.2) is 0 Å². The summed E-state index contributed by atoms with van der Waals surface area (Å²) in [4.78, 5) is 44.3. The molecule has 0 unspecified atom stereocenters. The Morgan fingerprint density at radius 1 is 0.600 bits per heavy atom. The molecule has 0 aromatic rings. The first-order valence-electron chi connectivity index (χ1n) is 4.12. The van der Waals surface area contributed by atoms with Crippen molar-refractivity contribution in [2.45, 2.75) is 0 Å². The van der Waals surface area contributed by atoms with Crippen LogP contribution in [0, 0.1) is 23.7 Å². The van der Waals surface area contributed by atoms with Gasteiger partial charge in [-0.15, -0.1) is 0 Å². The summed E-state index contributed by atoms with van der Waals surface area (Å²) in [6, 6.07) is 0. The molecule has 15 heavy (non-hydrogen) atoms. The van der Waals surface area contributed by atoms with Crippen molar-refractivity contribution in [3.63, 3.8) is 0 Å². The monoisotopic (exact) mass is 285 g/mol. The molecular weight excluding hydrogens is 281 g/mol. The minimum absolute atomic E-state index is 0. The van der Waals surface area contributed by atoms with E-state index in [0.717, 1.165) is 0 Å². The summed E-state index contributed by atoms with van der Waals surface area (Å²) in [6.45, 7) is 0. The van der Waals surface area contributed by atoms with Crippen LogP contribution >= 0.6 is 0 Å². The van der Waals surface area contributed by atoms with Crippen molar-refractivity contribution >= 4 is 23.9 Å². The summed E-state index contributed by atoms with van der Waals surface area (Å²) < 4.78 is 8.69. The molecule has 0 bridgehead atoms. The number of hydrogen-bond acceptors (Lipinski definition) is 6. The number of hydrogen-bond donors (Lipinski definition) is 0. The summed E-state index contributed by atoms with van der Waals surface area (Å²) in [6.07, 6.45) is 0. The average Bonchev–Trinajstić information content (AvgIpc) is 2.31. The zero-order chi connectivity index (χ0) is 10.0. The van der Waals surface area contributed by atoms with Gasteiger partial charge >= 0.3 is 23.9 Å². The second-order valence-electron chi connectivity index (χ2n) is 3.58. The Labute approximate surface area is 109 Å². The van der Waals surface area contributed by atoms with Crippen molar-refractivity contribution < 1.29 is 61.4 Å². The molecule has 2 heterocycles. The molecule has 1 radical (unpaired) electrons. The number of carbonyl (C=O) groups is 4. The molecule has 6 nitrogen and oxygen atoms in total. The van der Waals surface area contributed by atoms with E-state index < -0.39 is 47.5 Å². The van der Waals surface area contributed by atoms with Gasteiger partial charge in [-0.1, -0.05) is 0 Å². The molecule has 7 heteroatoms. The van der Waals surface area contributed by atoms with Crippen molar-refractivity contribution in [1.29, 1.82) is 0 Å². The predicted octanol–water partition coefficient (Wildman–Crippen LogP) is -1.37. The van der Waals surface area contributed by atoms with E-state index in [2.05, 4.69) is 9.47 Å². The molecule has 0 aromatic heterocycles. The number of fused-ring (bicyclic) bond motifs is 4. The van der Waals surface area contributed by atoms with E-state index >= 15 is 0 Å². The Hall–Kier alpha value is -0.616. The molecule has 3 rings (SSSR count). The van der Waals surface area contributed by atoms with Gasteiger partial charge in [-0.3, -0.25) is 19.2 Å². The normalized spacial score (nSPS) is 41.1. The van der Waals surface area contributed by atoms with Gasteiger partial charge in [0.1, 0.15) is 0 Å². The summed E-state index contributed by atoms with van der Waals surface area (Å²) >= 11 is 0. The van der Waals surface area contributed by atoms with Crippen LogP contribution in [-0.4, -0.2) is 23.9 Å². The van der Waals surface area contributed by atoms with Crippen LogP contribution < -0.4 is 0 Å². The van der Waals surface area contributed by atoms with E-state index in [1.54, 1.807) is 0 Å². The van der Waals surface area contributed by atoms with Gasteiger partial charge in [0.05, 0.1) is 23.7 Å². The molecular formula is C8H4O6Y. The quantitative estimate of drug-likeness (QED) is 0.403. The van der Waals surface area contributed by atoms with Gasteiger partial charge in [-0.05, 0) is 0 Å². The SMILES string of the molecule is O=C1OC(=O)C2C1C1C(=O)OC(=O)C21.[Y]. The van der Waals surface area contributed by atoms with Gasteiger partial charge < -0.3 is 9.47 Å². The minimum atomic E-state index is -0.786. The first-order chi connectivity index (χ1) is 6.61. The molecule has 0 amide bonds. The Morgan fingerprint density at radius 2 is 0.800 bits per heavy atom. The molecule has 3 aliphatic rings. The molecule has 1 aliphatic carbocycles. The zero-order valence-electron chi connectivity index (χ0n) is 7.34. The summed E-state index contributed by atoms with van der Waals surface area (Å²) in [5.74, 6) is -6.00. The third-order valence-corrected chi connectivity index (χ3v) is 3.04. The van der Waals surface area contributed by atoms with Crippen LogP contribution in [0.5, 0.6) is 0 Å². The van der Waals surface area contributed by atoms with Gasteiger partial charge in [-0.2, -0.15) is 0 Å². The smallest absolute Gasteiger partial charge is 0.318 e.